The highest BCUT2D eigenvalue weighted by atomic mass is 15.5. The van der Waals surface area contributed by atoms with Crippen LogP contribution in [0.15, 0.2) is 0 Å². The molecule has 2 heterocycles. The van der Waals surface area contributed by atoms with Gasteiger partial charge in [0, 0.05) is 33.7 Å². The summed E-state index contributed by atoms with van der Waals surface area (Å²) in [5.74, 6) is 1.99. The monoisotopic (exact) mass is 265 g/mol. The van der Waals surface area contributed by atoms with Gasteiger partial charge in [0.1, 0.15) is 0 Å². The second kappa shape index (κ2) is 6.51. The van der Waals surface area contributed by atoms with Gasteiger partial charge in [0.15, 0.2) is 0 Å². The molecule has 1 aromatic heterocycles. The molecule has 0 atom stereocenters. The van der Waals surface area contributed by atoms with Crippen molar-refractivity contribution in [3.63, 3.8) is 0 Å². The lowest BCUT2D eigenvalue weighted by Crippen LogP contribution is -2.25. The van der Waals surface area contributed by atoms with Crippen LogP contribution >= 0.6 is 0 Å². The van der Waals surface area contributed by atoms with E-state index in [1.54, 1.807) is 0 Å². The number of nitrogens with one attached hydrogen (secondary N) is 2. The average Bonchev–Trinajstić information content (AvgIpc) is 2.89. The Bertz CT molecular complexity index is 401. The van der Waals surface area contributed by atoms with Crippen molar-refractivity contribution in [2.75, 3.05) is 49.4 Å². The molecule has 0 aliphatic carbocycles. The number of hydrogen-bond acceptors (Lipinski definition) is 7. The second-order valence-corrected chi connectivity index (χ2v) is 4.91. The van der Waals surface area contributed by atoms with Gasteiger partial charge in [0.25, 0.3) is 0 Å². The van der Waals surface area contributed by atoms with Gasteiger partial charge in [0.2, 0.25) is 17.8 Å². The minimum Gasteiger partial charge on any atom is -0.354 e. The summed E-state index contributed by atoms with van der Waals surface area (Å²) in [5, 5.41) is 5.05. The number of aromatic nitrogens is 3. The van der Waals surface area contributed by atoms with Crippen LogP contribution in [0.1, 0.15) is 26.2 Å². The van der Waals surface area contributed by atoms with Crippen LogP contribution in [0.4, 0.5) is 17.8 Å². The summed E-state index contributed by atoms with van der Waals surface area (Å²) >= 11 is 0. The molecule has 0 bridgehead atoms. The molecule has 1 aliphatic rings. The van der Waals surface area contributed by atoms with Crippen molar-refractivity contribution in [2.45, 2.75) is 26.2 Å². The summed E-state index contributed by atoms with van der Waals surface area (Å²) in [4.78, 5) is 15.5. The first-order valence-electron chi connectivity index (χ1n) is 6.88. The van der Waals surface area contributed by atoms with E-state index in [9.17, 15) is 0 Å². The van der Waals surface area contributed by atoms with Crippen LogP contribution in [0, 0.1) is 0 Å². The first-order valence-corrected chi connectivity index (χ1v) is 6.88. The molecule has 0 amide bonds. The lowest BCUT2D eigenvalue weighted by molar-refractivity contribution is 0.488. The molecule has 0 unspecified atom stereocenters. The highest BCUT2D eigenvalue weighted by Crippen LogP contribution is 2.18. The second-order valence-electron chi connectivity index (χ2n) is 4.91. The third-order valence-electron chi connectivity index (χ3n) is 2.87. The van der Waals surface area contributed by atoms with Crippen LogP contribution in [0.2, 0.25) is 0 Å². The molecule has 1 aliphatic heterocycles. The molecule has 2 N–H and O–H groups in total. The summed E-state index contributed by atoms with van der Waals surface area (Å²) in [7, 11) is 3.83. The Morgan fingerprint density at radius 1 is 1.11 bits per heavy atom. The molecule has 19 heavy (non-hydrogen) atoms. The van der Waals surface area contributed by atoms with E-state index in [1.807, 2.05) is 19.1 Å². The molecule has 0 spiro atoms. The van der Waals surface area contributed by atoms with Crippen LogP contribution in [-0.4, -0.2) is 53.7 Å². The number of hydrazine groups is 1. The fourth-order valence-corrected chi connectivity index (χ4v) is 1.99. The summed E-state index contributed by atoms with van der Waals surface area (Å²) in [6.45, 7) is 5.04. The first kappa shape index (κ1) is 13.8. The molecule has 0 saturated carbocycles. The van der Waals surface area contributed by atoms with Crippen molar-refractivity contribution in [1.29, 1.82) is 0 Å². The van der Waals surface area contributed by atoms with E-state index in [-0.39, 0.29) is 0 Å². The average molecular weight is 265 g/mol. The van der Waals surface area contributed by atoms with Gasteiger partial charge in [-0.15, -0.1) is 0 Å². The normalized spacial score (nSPS) is 15.1. The molecule has 1 saturated heterocycles. The Morgan fingerprint density at radius 2 is 1.79 bits per heavy atom. The predicted octanol–water partition coefficient (Wildman–Crippen LogP) is 1.18. The minimum atomic E-state index is 0.584. The summed E-state index contributed by atoms with van der Waals surface area (Å²) in [6, 6.07) is 0. The maximum Gasteiger partial charge on any atom is 0.244 e. The maximum absolute atomic E-state index is 4.49. The molecule has 2 rings (SSSR count). The Hall–Kier alpha value is -1.63. The lowest BCUT2D eigenvalue weighted by Gasteiger charge is -2.18. The molecule has 1 fully saturated rings. The largest absolute Gasteiger partial charge is 0.354 e. The van der Waals surface area contributed by atoms with Gasteiger partial charge >= 0.3 is 0 Å². The fourth-order valence-electron chi connectivity index (χ4n) is 1.99. The van der Waals surface area contributed by atoms with Gasteiger partial charge < -0.3 is 10.2 Å². The summed E-state index contributed by atoms with van der Waals surface area (Å²) in [5.41, 5.74) is 3.09. The Balaban J connectivity index is 2.19. The van der Waals surface area contributed by atoms with E-state index < -0.39 is 0 Å². The van der Waals surface area contributed by atoms with Crippen LogP contribution in [-0.2, 0) is 0 Å². The van der Waals surface area contributed by atoms with Gasteiger partial charge in [-0.1, -0.05) is 6.92 Å². The summed E-state index contributed by atoms with van der Waals surface area (Å²) < 4.78 is 0. The maximum atomic E-state index is 4.49. The van der Waals surface area contributed by atoms with E-state index in [0.29, 0.717) is 11.9 Å². The first-order chi connectivity index (χ1) is 9.19. The third-order valence-corrected chi connectivity index (χ3v) is 2.87. The SMILES string of the molecule is CCCNc1nc(NN(C)C)nc(N2CCCC2)n1. The minimum absolute atomic E-state index is 0.584. The Kier molecular flexibility index (Phi) is 4.73. The van der Waals surface area contributed by atoms with E-state index in [1.165, 1.54) is 12.8 Å². The van der Waals surface area contributed by atoms with Crippen molar-refractivity contribution in [1.82, 2.24) is 20.0 Å². The zero-order valence-electron chi connectivity index (χ0n) is 12.0. The molecule has 7 heteroatoms. The smallest absolute Gasteiger partial charge is 0.244 e. The van der Waals surface area contributed by atoms with Gasteiger partial charge in [-0.2, -0.15) is 15.0 Å². The van der Waals surface area contributed by atoms with Crippen molar-refractivity contribution in [3.8, 4) is 0 Å². The fraction of sp³-hybridized carbons (Fsp3) is 0.750. The predicted molar refractivity (Wildman–Crippen MR) is 77.4 cm³/mol. The summed E-state index contributed by atoms with van der Waals surface area (Å²) in [6.07, 6.45) is 3.46. The lowest BCUT2D eigenvalue weighted by atomic mass is 10.4. The van der Waals surface area contributed by atoms with E-state index >= 15 is 0 Å². The highest BCUT2D eigenvalue weighted by Gasteiger charge is 2.17. The number of anilines is 3. The van der Waals surface area contributed by atoms with Crippen molar-refractivity contribution < 1.29 is 0 Å². The van der Waals surface area contributed by atoms with Gasteiger partial charge in [-0.05, 0) is 19.3 Å². The van der Waals surface area contributed by atoms with Crippen LogP contribution in [0.3, 0.4) is 0 Å². The van der Waals surface area contributed by atoms with E-state index in [2.05, 4.69) is 37.5 Å². The standard InChI is InChI=1S/C12H23N7/c1-4-7-13-10-14-11(17-18(2)3)16-12(15-10)19-8-5-6-9-19/h4-9H2,1-3H3,(H2,13,14,15,16,17). The zero-order chi connectivity index (χ0) is 13.7. The zero-order valence-corrected chi connectivity index (χ0v) is 12.0. The molecular weight excluding hydrogens is 242 g/mol. The number of rotatable bonds is 6. The molecule has 1 aromatic rings. The molecule has 0 aromatic carbocycles. The van der Waals surface area contributed by atoms with Crippen molar-refractivity contribution in [3.05, 3.63) is 0 Å². The van der Waals surface area contributed by atoms with E-state index in [4.69, 9.17) is 0 Å². The third kappa shape index (κ3) is 3.92. The van der Waals surface area contributed by atoms with E-state index in [0.717, 1.165) is 32.0 Å². The van der Waals surface area contributed by atoms with Crippen LogP contribution in [0.5, 0.6) is 0 Å². The highest BCUT2D eigenvalue weighted by molar-refractivity contribution is 5.43. The molecule has 7 nitrogen and oxygen atoms in total. The van der Waals surface area contributed by atoms with Crippen LogP contribution in [0.25, 0.3) is 0 Å². The van der Waals surface area contributed by atoms with Crippen molar-refractivity contribution >= 4 is 17.8 Å². The molecule has 0 radical (unpaired) electrons. The van der Waals surface area contributed by atoms with Crippen LogP contribution < -0.4 is 15.6 Å². The number of nitrogens with zero attached hydrogens (tertiary/aromatic N) is 5. The molecule has 106 valence electrons. The Morgan fingerprint density at radius 3 is 2.42 bits per heavy atom. The van der Waals surface area contributed by atoms with Gasteiger partial charge in [-0.3, -0.25) is 5.43 Å². The topological polar surface area (TPSA) is 69.2 Å². The van der Waals surface area contributed by atoms with Gasteiger partial charge in [0.05, 0.1) is 0 Å². The Labute approximate surface area is 114 Å². The quantitative estimate of drug-likeness (QED) is 0.748. The molecular formula is C12H23N7. The number of hydrogen-bond donors (Lipinski definition) is 2. The van der Waals surface area contributed by atoms with Crippen molar-refractivity contribution in [2.24, 2.45) is 0 Å². The van der Waals surface area contributed by atoms with Gasteiger partial charge in [-0.25, -0.2) is 5.01 Å².